The second-order valence-corrected chi connectivity index (χ2v) is 3.79. The molecule has 0 aliphatic carbocycles. The number of benzene rings is 1. The molecule has 1 rings (SSSR count). The molecule has 0 fully saturated rings. The van der Waals surface area contributed by atoms with Gasteiger partial charge in [-0.2, -0.15) is 0 Å². The van der Waals surface area contributed by atoms with Gasteiger partial charge in [0, 0.05) is 5.56 Å². The fourth-order valence-electron chi connectivity index (χ4n) is 1.76. The van der Waals surface area contributed by atoms with Crippen LogP contribution in [0, 0.1) is 19.7 Å². The molecule has 0 aliphatic rings. The molecular formula is C12H15FO3. The zero-order chi connectivity index (χ0) is 12.5. The zero-order valence-electron chi connectivity index (χ0n) is 9.80. The number of methoxy groups -OCH3 is 1. The molecule has 0 heterocycles. The van der Waals surface area contributed by atoms with E-state index in [1.54, 1.807) is 13.8 Å². The van der Waals surface area contributed by atoms with Gasteiger partial charge in [0.2, 0.25) is 0 Å². The summed E-state index contributed by atoms with van der Waals surface area (Å²) in [5.74, 6) is -1.74. The predicted octanol–water partition coefficient (Wildman–Crippen LogP) is 2.64. The van der Waals surface area contributed by atoms with Gasteiger partial charge >= 0.3 is 5.97 Å². The maximum absolute atomic E-state index is 13.6. The molecular weight excluding hydrogens is 211 g/mol. The average Bonchev–Trinajstić information content (AvgIpc) is 2.23. The van der Waals surface area contributed by atoms with Crippen molar-refractivity contribution >= 4 is 5.97 Å². The van der Waals surface area contributed by atoms with Crippen LogP contribution in [0.15, 0.2) is 6.07 Å². The van der Waals surface area contributed by atoms with Crippen LogP contribution < -0.4 is 4.74 Å². The van der Waals surface area contributed by atoms with Crippen LogP contribution >= 0.6 is 0 Å². The van der Waals surface area contributed by atoms with Crippen molar-refractivity contribution in [2.75, 3.05) is 7.11 Å². The van der Waals surface area contributed by atoms with Gasteiger partial charge < -0.3 is 9.84 Å². The Morgan fingerprint density at radius 1 is 1.44 bits per heavy atom. The third-order valence-electron chi connectivity index (χ3n) is 2.80. The van der Waals surface area contributed by atoms with Gasteiger partial charge in [-0.25, -0.2) is 4.39 Å². The third kappa shape index (κ3) is 2.01. The summed E-state index contributed by atoms with van der Waals surface area (Å²) in [6.07, 6.45) is 0. The summed E-state index contributed by atoms with van der Waals surface area (Å²) in [5, 5.41) is 8.92. The number of carbonyl (C=O) groups is 1. The molecule has 0 radical (unpaired) electrons. The number of hydrogen-bond donors (Lipinski definition) is 1. The number of carboxylic acids is 1. The summed E-state index contributed by atoms with van der Waals surface area (Å²) in [4.78, 5) is 10.9. The number of hydrogen-bond acceptors (Lipinski definition) is 2. The smallest absolute Gasteiger partial charge is 0.310 e. The molecule has 0 saturated heterocycles. The normalized spacial score (nSPS) is 12.3. The molecule has 1 unspecified atom stereocenters. The highest BCUT2D eigenvalue weighted by Crippen LogP contribution is 2.32. The molecule has 0 spiro atoms. The van der Waals surface area contributed by atoms with E-state index < -0.39 is 17.7 Å². The lowest BCUT2D eigenvalue weighted by atomic mass is 9.94. The Labute approximate surface area is 93.9 Å². The molecule has 0 saturated carbocycles. The van der Waals surface area contributed by atoms with E-state index in [0.717, 1.165) is 0 Å². The molecule has 1 atom stereocenters. The Morgan fingerprint density at radius 2 is 2.00 bits per heavy atom. The summed E-state index contributed by atoms with van der Waals surface area (Å²) in [5.41, 5.74) is 1.53. The third-order valence-corrected chi connectivity index (χ3v) is 2.80. The number of halogens is 1. The molecule has 1 aromatic carbocycles. The van der Waals surface area contributed by atoms with E-state index in [1.165, 1.54) is 20.1 Å². The van der Waals surface area contributed by atoms with Crippen LogP contribution in [-0.2, 0) is 4.79 Å². The molecule has 0 bridgehead atoms. The average molecular weight is 226 g/mol. The maximum atomic E-state index is 13.6. The molecule has 0 amide bonds. The van der Waals surface area contributed by atoms with Crippen molar-refractivity contribution in [3.63, 3.8) is 0 Å². The lowest BCUT2D eigenvalue weighted by molar-refractivity contribution is -0.138. The Balaban J connectivity index is 3.42. The second kappa shape index (κ2) is 4.51. The highest BCUT2D eigenvalue weighted by molar-refractivity contribution is 5.76. The van der Waals surface area contributed by atoms with Crippen LogP contribution in [0.4, 0.5) is 4.39 Å². The minimum absolute atomic E-state index is 0.404. The van der Waals surface area contributed by atoms with Crippen molar-refractivity contribution < 1.29 is 19.0 Å². The van der Waals surface area contributed by atoms with E-state index in [1.807, 2.05) is 0 Å². The summed E-state index contributed by atoms with van der Waals surface area (Å²) in [7, 11) is 1.45. The standard InChI is InChI=1S/C12H15FO3/c1-6-9(7(2)12(14)15)5-10(13)8(3)11(6)16-4/h5,7H,1-4H3,(H,14,15). The van der Waals surface area contributed by atoms with Gasteiger partial charge in [0.15, 0.2) is 0 Å². The summed E-state index contributed by atoms with van der Waals surface area (Å²) in [6.45, 7) is 4.87. The van der Waals surface area contributed by atoms with E-state index in [4.69, 9.17) is 9.84 Å². The largest absolute Gasteiger partial charge is 0.496 e. The van der Waals surface area contributed by atoms with Crippen molar-refractivity contribution in [3.05, 3.63) is 28.6 Å². The van der Waals surface area contributed by atoms with Crippen molar-refractivity contribution in [2.24, 2.45) is 0 Å². The Morgan fingerprint density at radius 3 is 2.44 bits per heavy atom. The van der Waals surface area contributed by atoms with Crippen LogP contribution in [-0.4, -0.2) is 18.2 Å². The van der Waals surface area contributed by atoms with Gasteiger partial charge in [0.05, 0.1) is 13.0 Å². The van der Waals surface area contributed by atoms with E-state index in [2.05, 4.69) is 0 Å². The van der Waals surface area contributed by atoms with E-state index in [0.29, 0.717) is 22.4 Å². The SMILES string of the molecule is COc1c(C)c(F)cc(C(C)C(=O)O)c1C. The quantitative estimate of drug-likeness (QED) is 0.861. The second-order valence-electron chi connectivity index (χ2n) is 3.79. The van der Waals surface area contributed by atoms with Crippen LogP contribution in [0.5, 0.6) is 5.75 Å². The first kappa shape index (κ1) is 12.5. The van der Waals surface area contributed by atoms with Gasteiger partial charge in [-0.1, -0.05) is 0 Å². The number of rotatable bonds is 3. The van der Waals surface area contributed by atoms with Crippen molar-refractivity contribution in [2.45, 2.75) is 26.7 Å². The van der Waals surface area contributed by atoms with Crippen LogP contribution in [0.2, 0.25) is 0 Å². The Hall–Kier alpha value is -1.58. The lowest BCUT2D eigenvalue weighted by Gasteiger charge is -2.16. The van der Waals surface area contributed by atoms with E-state index in [-0.39, 0.29) is 0 Å². The number of ether oxygens (including phenoxy) is 1. The maximum Gasteiger partial charge on any atom is 0.310 e. The predicted molar refractivity (Wildman–Crippen MR) is 58.5 cm³/mol. The molecule has 4 heteroatoms. The molecule has 16 heavy (non-hydrogen) atoms. The fraction of sp³-hybridized carbons (Fsp3) is 0.417. The molecule has 0 aliphatic heterocycles. The van der Waals surface area contributed by atoms with E-state index >= 15 is 0 Å². The zero-order valence-corrected chi connectivity index (χ0v) is 9.80. The van der Waals surface area contributed by atoms with Gasteiger partial charge in [-0.3, -0.25) is 4.79 Å². The first-order valence-corrected chi connectivity index (χ1v) is 4.96. The molecule has 0 aromatic heterocycles. The monoisotopic (exact) mass is 226 g/mol. The minimum atomic E-state index is -0.978. The van der Waals surface area contributed by atoms with E-state index in [9.17, 15) is 9.18 Å². The molecule has 1 N–H and O–H groups in total. The van der Waals surface area contributed by atoms with Crippen molar-refractivity contribution in [1.82, 2.24) is 0 Å². The van der Waals surface area contributed by atoms with Crippen molar-refractivity contribution in [1.29, 1.82) is 0 Å². The minimum Gasteiger partial charge on any atom is -0.496 e. The van der Waals surface area contributed by atoms with Gasteiger partial charge in [-0.05, 0) is 38.0 Å². The first-order chi connectivity index (χ1) is 7.40. The molecule has 3 nitrogen and oxygen atoms in total. The summed E-state index contributed by atoms with van der Waals surface area (Å²) >= 11 is 0. The Bertz CT molecular complexity index is 427. The topological polar surface area (TPSA) is 46.5 Å². The first-order valence-electron chi connectivity index (χ1n) is 4.96. The highest BCUT2D eigenvalue weighted by atomic mass is 19.1. The molecule has 1 aromatic rings. The number of aliphatic carboxylic acids is 1. The lowest BCUT2D eigenvalue weighted by Crippen LogP contribution is -2.11. The van der Waals surface area contributed by atoms with Gasteiger partial charge in [0.25, 0.3) is 0 Å². The van der Waals surface area contributed by atoms with Crippen LogP contribution in [0.25, 0.3) is 0 Å². The Kier molecular flexibility index (Phi) is 3.52. The van der Waals surface area contributed by atoms with Crippen molar-refractivity contribution in [3.8, 4) is 5.75 Å². The highest BCUT2D eigenvalue weighted by Gasteiger charge is 2.21. The van der Waals surface area contributed by atoms with Gasteiger partial charge in [-0.15, -0.1) is 0 Å². The fourth-order valence-corrected chi connectivity index (χ4v) is 1.76. The van der Waals surface area contributed by atoms with Crippen LogP contribution in [0.3, 0.4) is 0 Å². The summed E-state index contributed by atoms with van der Waals surface area (Å²) in [6, 6.07) is 1.27. The summed E-state index contributed by atoms with van der Waals surface area (Å²) < 4.78 is 18.7. The van der Waals surface area contributed by atoms with Gasteiger partial charge in [0.1, 0.15) is 11.6 Å². The molecule has 88 valence electrons. The number of carboxylic acid groups (broad SMARTS) is 1. The van der Waals surface area contributed by atoms with Crippen LogP contribution in [0.1, 0.15) is 29.5 Å².